The summed E-state index contributed by atoms with van der Waals surface area (Å²) >= 11 is 0. The smallest absolute Gasteiger partial charge is 0.233 e. The normalized spacial score (nSPS) is 26.3. The molecule has 2 saturated heterocycles. The zero-order valence-electron chi connectivity index (χ0n) is 15.1. The van der Waals surface area contributed by atoms with Gasteiger partial charge >= 0.3 is 0 Å². The van der Waals surface area contributed by atoms with Crippen molar-refractivity contribution in [1.82, 2.24) is 25.1 Å². The summed E-state index contributed by atoms with van der Waals surface area (Å²) in [6, 6.07) is 8.55. The van der Waals surface area contributed by atoms with Gasteiger partial charge in [-0.1, -0.05) is 0 Å². The number of benzene rings is 1. The molecule has 3 aliphatic rings. The van der Waals surface area contributed by atoms with Crippen molar-refractivity contribution in [2.75, 3.05) is 6.54 Å². The average Bonchev–Trinajstić information content (AvgIpc) is 3.27. The van der Waals surface area contributed by atoms with Crippen LogP contribution in [0.5, 0.6) is 11.6 Å². The molecular formula is C20H20FN5O2. The molecule has 3 aromatic rings. The summed E-state index contributed by atoms with van der Waals surface area (Å²) in [5, 5.41) is 21.9. The second kappa shape index (κ2) is 6.87. The van der Waals surface area contributed by atoms with Crippen molar-refractivity contribution in [3.8, 4) is 28.6 Å². The largest absolute Gasteiger partial charge is 0.507 e. The van der Waals surface area contributed by atoms with Crippen LogP contribution in [-0.4, -0.2) is 49.7 Å². The van der Waals surface area contributed by atoms with Gasteiger partial charge in [0.05, 0.1) is 17.7 Å². The second-order valence-corrected chi connectivity index (χ2v) is 7.31. The van der Waals surface area contributed by atoms with Gasteiger partial charge in [-0.15, -0.1) is 10.2 Å². The average molecular weight is 381 g/mol. The summed E-state index contributed by atoms with van der Waals surface area (Å²) in [4.78, 5) is 4.00. The molecule has 4 heterocycles. The van der Waals surface area contributed by atoms with E-state index in [9.17, 15) is 9.50 Å². The summed E-state index contributed by atoms with van der Waals surface area (Å²) < 4.78 is 22.1. The van der Waals surface area contributed by atoms with E-state index in [0.717, 1.165) is 25.1 Å². The minimum Gasteiger partial charge on any atom is -0.507 e. The number of aromatic nitrogens is 4. The van der Waals surface area contributed by atoms with Crippen LogP contribution in [-0.2, 0) is 0 Å². The predicted octanol–water partition coefficient (Wildman–Crippen LogP) is 2.50. The zero-order valence-corrected chi connectivity index (χ0v) is 15.1. The first-order valence-electron chi connectivity index (χ1n) is 9.38. The van der Waals surface area contributed by atoms with E-state index < -0.39 is 12.3 Å². The van der Waals surface area contributed by atoms with Crippen molar-refractivity contribution in [2.45, 2.75) is 31.2 Å². The maximum absolute atomic E-state index is 14.5. The molecule has 2 aliphatic heterocycles. The number of imidazole rings is 1. The van der Waals surface area contributed by atoms with E-state index in [1.807, 2.05) is 6.07 Å². The van der Waals surface area contributed by atoms with E-state index in [4.69, 9.17) is 4.74 Å². The summed E-state index contributed by atoms with van der Waals surface area (Å²) in [6.45, 7) is 0.776. The third-order valence-electron chi connectivity index (χ3n) is 5.61. The molecule has 144 valence electrons. The highest BCUT2D eigenvalue weighted by atomic mass is 19.1. The van der Waals surface area contributed by atoms with Crippen molar-refractivity contribution in [3.05, 3.63) is 49.1 Å². The van der Waals surface area contributed by atoms with Gasteiger partial charge in [-0.05, 0) is 31.0 Å². The molecule has 2 bridgehead atoms. The van der Waals surface area contributed by atoms with Crippen LogP contribution < -0.4 is 10.1 Å². The molecule has 28 heavy (non-hydrogen) atoms. The summed E-state index contributed by atoms with van der Waals surface area (Å²) in [5.41, 5.74) is 1.87. The van der Waals surface area contributed by atoms with E-state index in [0.29, 0.717) is 17.1 Å². The van der Waals surface area contributed by atoms with Gasteiger partial charge in [0.2, 0.25) is 5.88 Å². The Hall–Kier alpha value is -3.00. The molecule has 6 rings (SSSR count). The van der Waals surface area contributed by atoms with Gasteiger partial charge in [-0.3, -0.25) is 0 Å². The molecule has 0 spiro atoms. The molecule has 0 amide bonds. The van der Waals surface area contributed by atoms with Crippen LogP contribution in [0.1, 0.15) is 12.8 Å². The first kappa shape index (κ1) is 17.1. The number of rotatable bonds is 4. The maximum Gasteiger partial charge on any atom is 0.233 e. The number of phenols is 1. The van der Waals surface area contributed by atoms with Gasteiger partial charge in [-0.25, -0.2) is 9.37 Å². The van der Waals surface area contributed by atoms with Crippen molar-refractivity contribution >= 4 is 0 Å². The highest BCUT2D eigenvalue weighted by Gasteiger charge is 2.45. The highest BCUT2D eigenvalue weighted by molar-refractivity contribution is 5.68. The molecule has 7 nitrogen and oxygen atoms in total. The highest BCUT2D eigenvalue weighted by Crippen LogP contribution is 2.35. The van der Waals surface area contributed by atoms with Crippen molar-refractivity contribution in [1.29, 1.82) is 0 Å². The lowest BCUT2D eigenvalue weighted by Gasteiger charge is -2.44. The quantitative estimate of drug-likeness (QED) is 0.722. The fourth-order valence-corrected chi connectivity index (χ4v) is 4.08. The minimum atomic E-state index is -1.03. The van der Waals surface area contributed by atoms with Crippen LogP contribution in [0.3, 0.4) is 0 Å². The molecule has 2 aromatic heterocycles. The van der Waals surface area contributed by atoms with Crippen molar-refractivity contribution in [2.24, 2.45) is 5.92 Å². The van der Waals surface area contributed by atoms with E-state index >= 15 is 0 Å². The Labute approximate surface area is 161 Å². The summed E-state index contributed by atoms with van der Waals surface area (Å²) in [7, 11) is 0. The Morgan fingerprint density at radius 1 is 1.18 bits per heavy atom. The van der Waals surface area contributed by atoms with Gasteiger partial charge in [-0.2, -0.15) is 0 Å². The number of phenolic OH excluding ortho intramolecular Hbond substituents is 1. The van der Waals surface area contributed by atoms with E-state index in [1.54, 1.807) is 47.6 Å². The fourth-order valence-electron chi connectivity index (χ4n) is 4.08. The number of piperidine rings is 2. The zero-order chi connectivity index (χ0) is 19.1. The first-order chi connectivity index (χ1) is 13.7. The number of halogens is 1. The van der Waals surface area contributed by atoms with Crippen molar-refractivity contribution < 1.29 is 14.2 Å². The molecule has 1 saturated carbocycles. The maximum atomic E-state index is 14.5. The van der Waals surface area contributed by atoms with Gasteiger partial charge in [0.25, 0.3) is 0 Å². The molecule has 1 aromatic carbocycles. The number of alkyl halides is 1. The Morgan fingerprint density at radius 3 is 2.75 bits per heavy atom. The molecule has 8 heteroatoms. The van der Waals surface area contributed by atoms with Gasteiger partial charge in [0, 0.05) is 48.6 Å². The molecule has 1 aliphatic carbocycles. The monoisotopic (exact) mass is 381 g/mol. The van der Waals surface area contributed by atoms with E-state index in [2.05, 4.69) is 20.5 Å². The first-order valence-corrected chi connectivity index (χ1v) is 9.38. The van der Waals surface area contributed by atoms with Gasteiger partial charge < -0.3 is 19.7 Å². The molecular weight excluding hydrogens is 361 g/mol. The molecule has 0 radical (unpaired) electrons. The fraction of sp³-hybridized carbons (Fsp3) is 0.350. The summed E-state index contributed by atoms with van der Waals surface area (Å²) in [5.74, 6) is 0.549. The molecule has 2 N–H and O–H groups in total. The Morgan fingerprint density at radius 2 is 2.11 bits per heavy atom. The van der Waals surface area contributed by atoms with Crippen LogP contribution >= 0.6 is 0 Å². The number of nitrogens with one attached hydrogen (secondary N) is 1. The number of fused-ring (bicyclic) bond motifs is 3. The third-order valence-corrected chi connectivity index (χ3v) is 5.61. The topological polar surface area (TPSA) is 85.1 Å². The predicted molar refractivity (Wildman–Crippen MR) is 100 cm³/mol. The van der Waals surface area contributed by atoms with Gasteiger partial charge in [0.15, 0.2) is 6.17 Å². The Kier molecular flexibility index (Phi) is 4.20. The third kappa shape index (κ3) is 2.99. The van der Waals surface area contributed by atoms with Crippen LogP contribution in [0.15, 0.2) is 49.1 Å². The number of aromatic hydroxyl groups is 1. The van der Waals surface area contributed by atoms with E-state index in [-0.39, 0.29) is 17.7 Å². The van der Waals surface area contributed by atoms with Crippen LogP contribution in [0.4, 0.5) is 4.39 Å². The SMILES string of the molecule is Oc1cc(-n2ccnc2)ccc1-c1ccc(O[C@H]2[C@@H]3CC[C@@H](NC3)[C@H]2F)nn1. The molecule has 0 unspecified atom stereocenters. The number of ether oxygens (including phenoxy) is 1. The lowest BCUT2D eigenvalue weighted by Crippen LogP contribution is -2.61. The van der Waals surface area contributed by atoms with Crippen LogP contribution in [0.2, 0.25) is 0 Å². The Bertz CT molecular complexity index is 953. The van der Waals surface area contributed by atoms with Crippen LogP contribution in [0, 0.1) is 5.92 Å². The minimum absolute atomic E-state index is 0.0913. The molecule has 4 atom stereocenters. The lowest BCUT2D eigenvalue weighted by atomic mass is 9.78. The lowest BCUT2D eigenvalue weighted by molar-refractivity contribution is -0.0353. The second-order valence-electron chi connectivity index (χ2n) is 7.31. The number of hydrogen-bond acceptors (Lipinski definition) is 6. The van der Waals surface area contributed by atoms with Crippen LogP contribution in [0.25, 0.3) is 16.9 Å². The number of hydrogen-bond donors (Lipinski definition) is 2. The van der Waals surface area contributed by atoms with E-state index in [1.165, 1.54) is 0 Å². The van der Waals surface area contributed by atoms with Crippen molar-refractivity contribution in [3.63, 3.8) is 0 Å². The summed E-state index contributed by atoms with van der Waals surface area (Å²) in [6.07, 6.45) is 5.43. The van der Waals surface area contributed by atoms with Gasteiger partial charge in [0.1, 0.15) is 11.9 Å². The standard InChI is InChI=1S/C20H20FN5O2/c21-19-16-4-1-12(10-23-16)20(19)28-18-6-5-15(24-25-18)14-3-2-13(9-17(14)27)26-8-7-22-11-26/h2-3,5-9,11-12,16,19-20,23,27H,1,4,10H2/t12-,16-,19-,20+/m1/s1. The Balaban J connectivity index is 1.34. The number of nitrogens with zero attached hydrogens (tertiary/aromatic N) is 4. The molecule has 3 fully saturated rings.